The van der Waals surface area contributed by atoms with Gasteiger partial charge in [-0.25, -0.2) is 8.42 Å². The smallest absolute Gasteiger partial charge is 0.264 e. The second-order valence-corrected chi connectivity index (χ2v) is 12.4. The molecule has 1 fully saturated rings. The molecule has 7 nitrogen and oxygen atoms in total. The lowest BCUT2D eigenvalue weighted by Crippen LogP contribution is -2.53. The van der Waals surface area contributed by atoms with Gasteiger partial charge in [0, 0.05) is 12.6 Å². The predicted octanol–water partition coefficient (Wildman–Crippen LogP) is 5.10. The Morgan fingerprint density at radius 3 is 2.10 bits per heavy atom. The maximum absolute atomic E-state index is 14.0. The van der Waals surface area contributed by atoms with Gasteiger partial charge in [-0.3, -0.25) is 13.9 Å². The summed E-state index contributed by atoms with van der Waals surface area (Å²) in [5.41, 5.74) is 2.36. The molecule has 8 heteroatoms. The number of para-hydroxylation sites is 1. The number of benzene rings is 3. The van der Waals surface area contributed by atoms with Crippen LogP contribution in [0.15, 0.2) is 89.8 Å². The summed E-state index contributed by atoms with van der Waals surface area (Å²) in [6.45, 7) is 3.48. The van der Waals surface area contributed by atoms with Gasteiger partial charge in [-0.2, -0.15) is 0 Å². The number of rotatable bonds is 11. The second kappa shape index (κ2) is 13.6. The maximum atomic E-state index is 14.0. The standard InChI is InChI=1S/C32H39N3O4S/c1-25-18-20-30(21-19-25)40(38,39)35(29-16-10-5-11-17-29)24-31(36)34(23-22-27-12-6-3-7-13-27)26(2)32(37)33-28-14-8-4-9-15-28/h3,5-7,10-13,16-21,26,28H,4,8-9,14-15,22-24H2,1-2H3,(H,33,37). The zero-order valence-electron chi connectivity index (χ0n) is 23.3. The lowest BCUT2D eigenvalue weighted by Gasteiger charge is -2.33. The van der Waals surface area contributed by atoms with E-state index in [-0.39, 0.29) is 23.4 Å². The number of amides is 2. The molecule has 0 heterocycles. The summed E-state index contributed by atoms with van der Waals surface area (Å²) in [5, 5.41) is 3.13. The lowest BCUT2D eigenvalue weighted by atomic mass is 9.95. The highest BCUT2D eigenvalue weighted by atomic mass is 32.2. The third-order valence-corrected chi connectivity index (χ3v) is 9.32. The first-order chi connectivity index (χ1) is 19.3. The zero-order chi connectivity index (χ0) is 28.5. The summed E-state index contributed by atoms with van der Waals surface area (Å²) in [6, 6.07) is 24.3. The van der Waals surface area contributed by atoms with Crippen LogP contribution < -0.4 is 9.62 Å². The Hall–Kier alpha value is -3.65. The second-order valence-electron chi connectivity index (χ2n) is 10.5. The Morgan fingerprint density at radius 1 is 0.875 bits per heavy atom. The first kappa shape index (κ1) is 29.3. The van der Waals surface area contributed by atoms with Crippen LogP contribution in [0, 0.1) is 6.92 Å². The van der Waals surface area contributed by atoms with Gasteiger partial charge in [-0.15, -0.1) is 0 Å². The number of hydrogen-bond acceptors (Lipinski definition) is 4. The van der Waals surface area contributed by atoms with Crippen LogP contribution in [0.3, 0.4) is 0 Å². The lowest BCUT2D eigenvalue weighted by molar-refractivity contribution is -0.139. The summed E-state index contributed by atoms with van der Waals surface area (Å²) in [4.78, 5) is 28.9. The van der Waals surface area contributed by atoms with E-state index in [9.17, 15) is 18.0 Å². The number of hydrogen-bond donors (Lipinski definition) is 1. The third kappa shape index (κ3) is 7.50. The van der Waals surface area contributed by atoms with Gasteiger partial charge in [0.2, 0.25) is 11.8 Å². The maximum Gasteiger partial charge on any atom is 0.264 e. The number of carbonyl (C=O) groups is 2. The summed E-state index contributed by atoms with van der Waals surface area (Å²) in [7, 11) is -4.05. The van der Waals surface area contributed by atoms with Crippen molar-refractivity contribution in [2.24, 2.45) is 0 Å². The van der Waals surface area contributed by atoms with Crippen molar-refractivity contribution in [3.63, 3.8) is 0 Å². The van der Waals surface area contributed by atoms with Gasteiger partial charge in [0.1, 0.15) is 12.6 Å². The van der Waals surface area contributed by atoms with Crippen molar-refractivity contribution in [2.45, 2.75) is 69.4 Å². The molecule has 0 aliphatic heterocycles. The quantitative estimate of drug-likeness (QED) is 0.353. The average molecular weight is 562 g/mol. The molecule has 0 saturated heterocycles. The molecular weight excluding hydrogens is 522 g/mol. The Bertz CT molecular complexity index is 1360. The van der Waals surface area contributed by atoms with E-state index >= 15 is 0 Å². The van der Waals surface area contributed by atoms with Crippen molar-refractivity contribution < 1.29 is 18.0 Å². The van der Waals surface area contributed by atoms with Crippen molar-refractivity contribution in [3.05, 3.63) is 96.1 Å². The van der Waals surface area contributed by atoms with Gasteiger partial charge in [-0.1, -0.05) is 85.5 Å². The topological polar surface area (TPSA) is 86.8 Å². The molecule has 40 heavy (non-hydrogen) atoms. The van der Waals surface area contributed by atoms with Gasteiger partial charge in [-0.05, 0) is 62.9 Å². The highest BCUT2D eigenvalue weighted by molar-refractivity contribution is 7.92. The van der Waals surface area contributed by atoms with Gasteiger partial charge in [0.15, 0.2) is 0 Å². The largest absolute Gasteiger partial charge is 0.352 e. The van der Waals surface area contributed by atoms with Crippen LogP contribution in [0.4, 0.5) is 5.69 Å². The molecular formula is C32H39N3O4S. The molecule has 0 bridgehead atoms. The summed E-state index contributed by atoms with van der Waals surface area (Å²) in [6.07, 6.45) is 5.76. The third-order valence-electron chi connectivity index (χ3n) is 7.54. The molecule has 3 aromatic carbocycles. The monoisotopic (exact) mass is 561 g/mol. The van der Waals surface area contributed by atoms with E-state index in [1.165, 1.54) is 11.3 Å². The predicted molar refractivity (Wildman–Crippen MR) is 158 cm³/mol. The van der Waals surface area contributed by atoms with E-state index in [1.807, 2.05) is 37.3 Å². The molecule has 0 aromatic heterocycles. The molecule has 3 aromatic rings. The van der Waals surface area contributed by atoms with Crippen molar-refractivity contribution >= 4 is 27.5 Å². The fraction of sp³-hybridized carbons (Fsp3) is 0.375. The Morgan fingerprint density at radius 2 is 1.48 bits per heavy atom. The number of sulfonamides is 1. The molecule has 1 N–H and O–H groups in total. The van der Waals surface area contributed by atoms with Crippen LogP contribution in [0.5, 0.6) is 0 Å². The molecule has 1 aliphatic rings. The van der Waals surface area contributed by atoms with E-state index in [0.717, 1.165) is 41.1 Å². The van der Waals surface area contributed by atoms with Crippen LogP contribution in [0.2, 0.25) is 0 Å². The zero-order valence-corrected chi connectivity index (χ0v) is 24.1. The van der Waals surface area contributed by atoms with Crippen LogP contribution >= 0.6 is 0 Å². The Balaban J connectivity index is 1.61. The van der Waals surface area contributed by atoms with Crippen LogP contribution in [-0.2, 0) is 26.0 Å². The van der Waals surface area contributed by atoms with Gasteiger partial charge >= 0.3 is 0 Å². The van der Waals surface area contributed by atoms with E-state index in [4.69, 9.17) is 0 Å². The van der Waals surface area contributed by atoms with Crippen LogP contribution in [-0.4, -0.2) is 50.3 Å². The van der Waals surface area contributed by atoms with Crippen molar-refractivity contribution in [3.8, 4) is 0 Å². The van der Waals surface area contributed by atoms with Crippen LogP contribution in [0.25, 0.3) is 0 Å². The molecule has 212 valence electrons. The first-order valence-electron chi connectivity index (χ1n) is 14.0. The number of aryl methyl sites for hydroxylation is 1. The molecule has 0 spiro atoms. The summed E-state index contributed by atoms with van der Waals surface area (Å²) >= 11 is 0. The molecule has 1 saturated carbocycles. The van der Waals surface area contributed by atoms with Gasteiger partial charge < -0.3 is 10.2 Å². The van der Waals surface area contributed by atoms with E-state index in [0.29, 0.717) is 12.1 Å². The van der Waals surface area contributed by atoms with E-state index in [2.05, 4.69) is 5.32 Å². The molecule has 1 aliphatic carbocycles. The summed E-state index contributed by atoms with van der Waals surface area (Å²) in [5.74, 6) is -0.636. The number of carbonyl (C=O) groups excluding carboxylic acids is 2. The fourth-order valence-electron chi connectivity index (χ4n) is 5.10. The fourth-order valence-corrected chi connectivity index (χ4v) is 6.51. The first-order valence-corrected chi connectivity index (χ1v) is 15.5. The van der Waals surface area contributed by atoms with Gasteiger partial charge in [0.05, 0.1) is 10.6 Å². The van der Waals surface area contributed by atoms with Crippen molar-refractivity contribution in [1.82, 2.24) is 10.2 Å². The van der Waals surface area contributed by atoms with Crippen molar-refractivity contribution in [1.29, 1.82) is 0 Å². The minimum atomic E-state index is -4.05. The normalized spacial score (nSPS) is 14.8. The van der Waals surface area contributed by atoms with Crippen molar-refractivity contribution in [2.75, 3.05) is 17.4 Å². The minimum absolute atomic E-state index is 0.105. The molecule has 4 rings (SSSR count). The molecule has 1 unspecified atom stereocenters. The SMILES string of the molecule is Cc1ccc(S(=O)(=O)N(CC(=O)N(CCc2ccccc2)C(C)C(=O)NC2CCCCC2)c2ccccc2)cc1. The van der Waals surface area contributed by atoms with E-state index in [1.54, 1.807) is 61.5 Å². The molecule has 1 atom stereocenters. The number of anilines is 1. The average Bonchev–Trinajstić information content (AvgIpc) is 2.97. The van der Waals surface area contributed by atoms with Crippen LogP contribution in [0.1, 0.15) is 50.2 Å². The van der Waals surface area contributed by atoms with E-state index < -0.39 is 28.5 Å². The highest BCUT2D eigenvalue weighted by Crippen LogP contribution is 2.24. The Labute approximate surface area is 238 Å². The number of nitrogens with one attached hydrogen (secondary N) is 1. The molecule has 2 amide bonds. The molecule has 0 radical (unpaired) electrons. The summed E-state index contributed by atoms with van der Waals surface area (Å²) < 4.78 is 28.8. The minimum Gasteiger partial charge on any atom is -0.352 e. The highest BCUT2D eigenvalue weighted by Gasteiger charge is 2.33. The van der Waals surface area contributed by atoms with Gasteiger partial charge in [0.25, 0.3) is 10.0 Å². The Kier molecular flexibility index (Phi) is 9.98. The number of nitrogens with zero attached hydrogens (tertiary/aromatic N) is 2.